The smallest absolute Gasteiger partial charge is 0.456 e. The van der Waals surface area contributed by atoms with Gasteiger partial charge in [-0.3, -0.25) is 27.4 Å². The van der Waals surface area contributed by atoms with Crippen LogP contribution in [0.15, 0.2) is 0 Å². The number of hydrogen-bond donors (Lipinski definition) is 9. The van der Waals surface area contributed by atoms with Crippen molar-refractivity contribution in [2.24, 2.45) is 0 Å². The molecule has 0 heterocycles. The summed E-state index contributed by atoms with van der Waals surface area (Å²) in [5.41, 5.74) is 0. The number of carbonyl (C=O) groups is 2. The van der Waals surface area contributed by atoms with Crippen molar-refractivity contribution < 1.29 is 104 Å². The van der Waals surface area contributed by atoms with Gasteiger partial charge in [-0.1, -0.05) is 89.9 Å². The Hall–Kier alpha value is -3.34. The van der Waals surface area contributed by atoms with Gasteiger partial charge in [-0.25, -0.2) is 23.1 Å². The average Bonchev–Trinajstić information content (AvgIpc) is 3.20. The number of esters is 2. The van der Waals surface area contributed by atoms with Crippen LogP contribution in [0.3, 0.4) is 0 Å². The molecular weight excluding hydrogens is 944 g/mol. The molecule has 0 amide bonds. The maximum absolute atomic E-state index is 13.2. The molecule has 0 spiro atoms. The van der Waals surface area contributed by atoms with E-state index in [0.717, 1.165) is 32.1 Å². The summed E-state index contributed by atoms with van der Waals surface area (Å²) in [6, 6.07) is 0. The number of ether oxygens (including phenoxy) is 2. The number of phosphoric ester groups is 4. The Labute approximate surface area is 377 Å². The second-order valence-corrected chi connectivity index (χ2v) is 18.8. The molecule has 65 heavy (non-hydrogen) atoms. The molecule has 362 valence electrons. The van der Waals surface area contributed by atoms with Crippen molar-refractivity contribution in [3.63, 3.8) is 0 Å². The molecular formula is C39H54O22P4. The Kier molecular flexibility index (Phi) is 29.0. The molecule has 22 nitrogen and oxygen atoms in total. The van der Waals surface area contributed by atoms with E-state index in [1.165, 1.54) is 38.5 Å². The molecule has 5 unspecified atom stereocenters. The molecule has 1 aliphatic rings. The summed E-state index contributed by atoms with van der Waals surface area (Å²) in [4.78, 5) is 91.9. The number of phosphoric acid groups is 4. The maximum Gasteiger partial charge on any atom is 0.472 e. The molecule has 8 atom stereocenters. The lowest BCUT2D eigenvalue weighted by Gasteiger charge is -2.45. The van der Waals surface area contributed by atoms with Crippen molar-refractivity contribution in [3.05, 3.63) is 0 Å². The predicted molar refractivity (Wildman–Crippen MR) is 227 cm³/mol. The minimum Gasteiger partial charge on any atom is -0.456 e. The van der Waals surface area contributed by atoms with Crippen LogP contribution >= 0.6 is 31.3 Å². The van der Waals surface area contributed by atoms with Crippen molar-refractivity contribution in [3.8, 4) is 71.0 Å². The molecule has 1 aliphatic carbocycles. The van der Waals surface area contributed by atoms with E-state index in [2.05, 4.69) is 85.6 Å². The highest BCUT2D eigenvalue weighted by molar-refractivity contribution is 7.47. The number of rotatable bonds is 28. The van der Waals surface area contributed by atoms with Crippen molar-refractivity contribution in [1.82, 2.24) is 0 Å². The molecule has 0 aliphatic heterocycles. The van der Waals surface area contributed by atoms with Crippen molar-refractivity contribution >= 4 is 43.2 Å². The van der Waals surface area contributed by atoms with Gasteiger partial charge in [0, 0.05) is 12.3 Å². The van der Waals surface area contributed by atoms with Gasteiger partial charge in [0.1, 0.15) is 43.2 Å². The van der Waals surface area contributed by atoms with Gasteiger partial charge in [0.15, 0.2) is 6.10 Å². The molecule has 0 aromatic carbocycles. The monoisotopic (exact) mass is 998 g/mol. The fraction of sp³-hybridized carbons (Fsp3) is 0.641. The molecule has 0 bridgehead atoms. The second-order valence-electron chi connectivity index (χ2n) is 13.8. The van der Waals surface area contributed by atoms with E-state index in [-0.39, 0.29) is 6.42 Å². The number of unbranched alkanes of at least 4 members (excludes halogenated alkanes) is 12. The highest BCUT2D eigenvalue weighted by Crippen LogP contribution is 2.53. The Morgan fingerprint density at radius 2 is 0.923 bits per heavy atom. The Balaban J connectivity index is 3.12. The molecule has 1 rings (SSSR count). The zero-order valence-corrected chi connectivity index (χ0v) is 39.1. The summed E-state index contributed by atoms with van der Waals surface area (Å²) in [6.45, 7) is 1.80. The van der Waals surface area contributed by atoms with Crippen molar-refractivity contribution in [1.29, 1.82) is 0 Å². The summed E-state index contributed by atoms with van der Waals surface area (Å²) in [6.07, 6.45) is -4.98. The molecule has 0 aromatic rings. The topological polar surface area (TPSA) is 349 Å². The van der Waals surface area contributed by atoms with Crippen LogP contribution in [-0.4, -0.2) is 112 Å². The van der Waals surface area contributed by atoms with Gasteiger partial charge >= 0.3 is 43.2 Å². The summed E-state index contributed by atoms with van der Waals surface area (Å²) in [5, 5.41) is 21.7. The van der Waals surface area contributed by atoms with E-state index in [9.17, 15) is 72.3 Å². The first-order valence-corrected chi connectivity index (χ1v) is 26.1. The first-order valence-electron chi connectivity index (χ1n) is 20.0. The Bertz CT molecular complexity index is 2070. The maximum atomic E-state index is 13.2. The fourth-order valence-electron chi connectivity index (χ4n) is 5.73. The highest BCUT2D eigenvalue weighted by Gasteiger charge is 2.59. The van der Waals surface area contributed by atoms with Crippen LogP contribution < -0.4 is 0 Å². The first kappa shape index (κ1) is 59.7. The van der Waals surface area contributed by atoms with Gasteiger partial charge in [-0.05, 0) is 72.5 Å². The van der Waals surface area contributed by atoms with Crippen molar-refractivity contribution in [2.45, 2.75) is 146 Å². The fourth-order valence-corrected chi connectivity index (χ4v) is 8.38. The van der Waals surface area contributed by atoms with Crippen LogP contribution in [0, 0.1) is 71.0 Å². The normalized spacial score (nSPS) is 20.6. The molecule has 0 aromatic heterocycles. The average molecular weight is 999 g/mol. The SMILES string of the molecule is CC#CC#CC#CC#CC#CC#CC(=O)OC[C@@H](COP(=O)(O)OC1C(O)[C@H](OP(=O)(O)O)C(OP(=O)(O)O)C(OP(=O)(O)O)[C@@H]1O)OC(=O)CCCCCCCCCCCCCCC. The number of aliphatic hydroxyl groups excluding tert-OH is 2. The third-order valence-corrected chi connectivity index (χ3v) is 11.0. The van der Waals surface area contributed by atoms with Crippen LogP contribution in [0.25, 0.3) is 0 Å². The predicted octanol–water partition coefficient (Wildman–Crippen LogP) is 2.63. The van der Waals surface area contributed by atoms with E-state index >= 15 is 0 Å². The number of hydrogen-bond acceptors (Lipinski definition) is 15. The van der Waals surface area contributed by atoms with E-state index < -0.39 is 99.2 Å². The third-order valence-electron chi connectivity index (χ3n) is 8.48. The largest absolute Gasteiger partial charge is 0.472 e. The van der Waals surface area contributed by atoms with Gasteiger partial charge in [-0.15, -0.1) is 0 Å². The molecule has 0 radical (unpaired) electrons. The van der Waals surface area contributed by atoms with Crippen LogP contribution in [0.4, 0.5) is 0 Å². The van der Waals surface area contributed by atoms with Crippen molar-refractivity contribution in [2.75, 3.05) is 13.2 Å². The Morgan fingerprint density at radius 3 is 1.35 bits per heavy atom. The minimum atomic E-state index is -5.82. The van der Waals surface area contributed by atoms with E-state index in [0.29, 0.717) is 12.8 Å². The number of carbonyl (C=O) groups excluding carboxylic acids is 2. The van der Waals surface area contributed by atoms with Crippen LogP contribution in [0.1, 0.15) is 104 Å². The van der Waals surface area contributed by atoms with Crippen LogP contribution in [-0.2, 0) is 59.9 Å². The lowest BCUT2D eigenvalue weighted by atomic mass is 9.85. The summed E-state index contributed by atoms with van der Waals surface area (Å²) in [5.74, 6) is 26.0. The lowest BCUT2D eigenvalue weighted by Crippen LogP contribution is -2.65. The standard InChI is InChI=1S/C39H54O22P4/c1-3-5-7-9-11-13-15-16-18-20-22-24-26-28-33(41)57-31(29-55-32(40)27-25-23-21-19-17-14-12-10-8-6-4-2)30-56-65(53,54)61-36-34(42)37(58-62(44,45)46)39(60-64(50,51)52)38(35(36)43)59-63(47,48)49/h31,34-39,42-43H,3,5,7,9,11,13,15-16,18,20,22,24,26,28-30H2,1-2H3,(H,53,54)(H2,44,45,46)(H2,47,48,49)(H2,50,51,52)/t31-,34+,35?,36?,37?,38-,39?/m0/s1. The second kappa shape index (κ2) is 31.6. The Morgan fingerprint density at radius 1 is 0.523 bits per heavy atom. The summed E-state index contributed by atoms with van der Waals surface area (Å²) >= 11 is 0. The van der Waals surface area contributed by atoms with Crippen LogP contribution in [0.2, 0.25) is 0 Å². The van der Waals surface area contributed by atoms with Gasteiger partial charge in [0.2, 0.25) is 0 Å². The highest BCUT2D eigenvalue weighted by atomic mass is 31.2. The van der Waals surface area contributed by atoms with E-state index in [4.69, 9.17) is 18.5 Å². The quantitative estimate of drug-likeness (QED) is 0.0179. The molecule has 1 saturated carbocycles. The summed E-state index contributed by atoms with van der Waals surface area (Å²) in [7, 11) is -23.2. The first-order chi connectivity index (χ1) is 30.5. The lowest BCUT2D eigenvalue weighted by molar-refractivity contribution is -0.209. The van der Waals surface area contributed by atoms with Gasteiger partial charge in [-0.2, -0.15) is 0 Å². The molecule has 1 fully saturated rings. The minimum absolute atomic E-state index is 0.129. The molecule has 9 N–H and O–H groups in total. The summed E-state index contributed by atoms with van der Waals surface area (Å²) < 4.78 is 81.1. The number of aliphatic hydroxyl groups is 2. The van der Waals surface area contributed by atoms with Gasteiger partial charge in [0.05, 0.1) is 6.61 Å². The zero-order chi connectivity index (χ0) is 48.9. The van der Waals surface area contributed by atoms with Gasteiger partial charge in [0.25, 0.3) is 0 Å². The molecule has 0 saturated heterocycles. The van der Waals surface area contributed by atoms with E-state index in [1.807, 2.05) is 5.92 Å². The van der Waals surface area contributed by atoms with Gasteiger partial charge < -0.3 is 53.9 Å². The third kappa shape index (κ3) is 29.8. The zero-order valence-electron chi connectivity index (χ0n) is 35.5. The van der Waals surface area contributed by atoms with E-state index in [1.54, 1.807) is 6.92 Å². The molecule has 26 heteroatoms. The van der Waals surface area contributed by atoms with Crippen LogP contribution in [0.5, 0.6) is 0 Å².